The molecule has 0 aliphatic carbocycles. The lowest BCUT2D eigenvalue weighted by Gasteiger charge is -2.07. The van der Waals surface area contributed by atoms with E-state index in [1.54, 1.807) is 18.2 Å². The molecular weight excluding hydrogens is 400 g/mol. The smallest absolute Gasteiger partial charge is 0.276 e. The number of para-hydroxylation sites is 5. The zero-order chi connectivity index (χ0) is 20.5. The number of H-pyrrole nitrogens is 2. The van der Waals surface area contributed by atoms with Gasteiger partial charge in [-0.15, -0.1) is 0 Å². The number of anilines is 1. The number of fused-ring (bicyclic) bond motifs is 2. The van der Waals surface area contributed by atoms with E-state index in [1.165, 1.54) is 0 Å². The lowest BCUT2D eigenvalue weighted by molar-refractivity contribution is 1.15. The third-order valence-corrected chi connectivity index (χ3v) is 4.93. The predicted octanol–water partition coefficient (Wildman–Crippen LogP) is 4.32. The van der Waals surface area contributed by atoms with Crippen molar-refractivity contribution in [2.24, 2.45) is 5.10 Å². The summed E-state index contributed by atoms with van der Waals surface area (Å²) in [4.78, 5) is 28.1. The van der Waals surface area contributed by atoms with Crippen molar-refractivity contribution in [2.45, 2.75) is 0 Å². The van der Waals surface area contributed by atoms with E-state index < -0.39 is 0 Å². The summed E-state index contributed by atoms with van der Waals surface area (Å²) >= 11 is 6.23. The number of nitrogens with one attached hydrogen (secondary N) is 3. The van der Waals surface area contributed by atoms with Crippen LogP contribution >= 0.6 is 11.6 Å². The second-order valence-electron chi connectivity index (χ2n) is 6.59. The normalized spacial score (nSPS) is 11.8. The highest BCUT2D eigenvalue weighted by Gasteiger charge is 2.18. The summed E-state index contributed by atoms with van der Waals surface area (Å²) in [6.07, 6.45) is 0. The van der Waals surface area contributed by atoms with Crippen LogP contribution in [-0.2, 0) is 0 Å². The molecule has 0 radical (unpaired) electrons. The lowest BCUT2D eigenvalue weighted by atomic mass is 10.2. The molecule has 5 rings (SSSR count). The molecule has 0 aliphatic rings. The van der Waals surface area contributed by atoms with Crippen LogP contribution in [0.5, 0.6) is 0 Å². The Morgan fingerprint density at radius 1 is 0.833 bits per heavy atom. The van der Waals surface area contributed by atoms with Gasteiger partial charge in [-0.25, -0.2) is 9.97 Å². The maximum Gasteiger partial charge on any atom is 0.276 e. The molecule has 0 atom stereocenters. The molecule has 0 unspecified atom stereocenters. The van der Waals surface area contributed by atoms with Gasteiger partial charge in [0, 0.05) is 0 Å². The topological polar surface area (TPSA) is 98.8 Å². The Morgan fingerprint density at radius 3 is 2.20 bits per heavy atom. The molecule has 0 saturated carbocycles. The van der Waals surface area contributed by atoms with Crippen LogP contribution < -0.4 is 11.0 Å². The van der Waals surface area contributed by atoms with Gasteiger partial charge in [0.15, 0.2) is 17.2 Å². The lowest BCUT2D eigenvalue weighted by Crippen LogP contribution is -2.23. The molecule has 3 aromatic carbocycles. The summed E-state index contributed by atoms with van der Waals surface area (Å²) in [5.74, 6) is 0.420. The Hall–Kier alpha value is -3.97. The van der Waals surface area contributed by atoms with E-state index >= 15 is 0 Å². The fourth-order valence-electron chi connectivity index (χ4n) is 3.14. The van der Waals surface area contributed by atoms with E-state index in [0.717, 1.165) is 11.0 Å². The minimum Gasteiger partial charge on any atom is -0.337 e. The van der Waals surface area contributed by atoms with Gasteiger partial charge in [-0.2, -0.15) is 5.10 Å². The summed E-state index contributed by atoms with van der Waals surface area (Å²) in [6.45, 7) is 0. The van der Waals surface area contributed by atoms with E-state index in [4.69, 9.17) is 11.6 Å². The Kier molecular flexibility index (Phi) is 4.49. The zero-order valence-electron chi connectivity index (χ0n) is 15.6. The Bertz CT molecular complexity index is 1440. The Morgan fingerprint density at radius 2 is 1.47 bits per heavy atom. The molecule has 0 spiro atoms. The number of benzene rings is 3. The zero-order valence-corrected chi connectivity index (χ0v) is 16.3. The van der Waals surface area contributed by atoms with Gasteiger partial charge in [0.1, 0.15) is 0 Å². The van der Waals surface area contributed by atoms with Crippen molar-refractivity contribution < 1.29 is 0 Å². The SMILES string of the molecule is O=c1[nH]c2ccccc2nc1/C(=N/Nc1ccccc1Cl)c1nc2ccccc2[nH]1. The number of rotatable bonds is 4. The Balaban J connectivity index is 1.70. The summed E-state index contributed by atoms with van der Waals surface area (Å²) in [7, 11) is 0. The van der Waals surface area contributed by atoms with Crippen molar-refractivity contribution in [3.05, 3.63) is 99.7 Å². The van der Waals surface area contributed by atoms with Crippen molar-refractivity contribution in [1.29, 1.82) is 0 Å². The number of halogens is 1. The minimum absolute atomic E-state index is 0.146. The first-order valence-corrected chi connectivity index (χ1v) is 9.59. The molecular formula is C22H15ClN6O. The van der Waals surface area contributed by atoms with Crippen molar-refractivity contribution in [1.82, 2.24) is 19.9 Å². The molecule has 0 aliphatic heterocycles. The van der Waals surface area contributed by atoms with E-state index in [-0.39, 0.29) is 17.0 Å². The van der Waals surface area contributed by atoms with Gasteiger partial charge >= 0.3 is 0 Å². The number of hydrogen-bond acceptors (Lipinski definition) is 5. The van der Waals surface area contributed by atoms with Crippen molar-refractivity contribution >= 4 is 45.1 Å². The fourth-order valence-corrected chi connectivity index (χ4v) is 3.32. The van der Waals surface area contributed by atoms with Crippen LogP contribution in [0.3, 0.4) is 0 Å². The minimum atomic E-state index is -0.367. The maximum atomic E-state index is 12.8. The van der Waals surface area contributed by atoms with Crippen LogP contribution in [0.1, 0.15) is 11.5 Å². The quantitative estimate of drug-likeness (QED) is 0.301. The average molecular weight is 415 g/mol. The first-order chi connectivity index (χ1) is 14.7. The van der Waals surface area contributed by atoms with Gasteiger partial charge < -0.3 is 9.97 Å². The molecule has 5 aromatic rings. The van der Waals surface area contributed by atoms with Gasteiger partial charge in [-0.05, 0) is 36.4 Å². The van der Waals surface area contributed by atoms with Crippen LogP contribution in [0.15, 0.2) is 82.7 Å². The van der Waals surface area contributed by atoms with Crippen molar-refractivity contribution in [3.63, 3.8) is 0 Å². The van der Waals surface area contributed by atoms with Crippen LogP contribution in [0, 0.1) is 0 Å². The molecule has 0 amide bonds. The van der Waals surface area contributed by atoms with Gasteiger partial charge in [0.05, 0.1) is 32.8 Å². The van der Waals surface area contributed by atoms with E-state index in [9.17, 15) is 4.79 Å². The fraction of sp³-hybridized carbons (Fsp3) is 0. The third-order valence-electron chi connectivity index (χ3n) is 4.60. The second kappa shape index (κ2) is 7.46. The van der Waals surface area contributed by atoms with Gasteiger partial charge in [0.2, 0.25) is 0 Å². The van der Waals surface area contributed by atoms with Gasteiger partial charge in [-0.1, -0.05) is 48.0 Å². The first-order valence-electron chi connectivity index (χ1n) is 9.22. The standard InChI is InChI=1S/C22H15ClN6O/c23-13-7-1-2-8-14(13)28-29-19(21-25-16-10-4-5-11-17(16)26-21)20-22(30)27-18-12-6-3-9-15(18)24-20/h1-12,28H,(H,25,26)(H,27,30)/b29-19-. The van der Waals surface area contributed by atoms with E-state index in [0.29, 0.717) is 27.6 Å². The van der Waals surface area contributed by atoms with Crippen LogP contribution in [0.2, 0.25) is 5.02 Å². The number of hydrazone groups is 1. The molecule has 30 heavy (non-hydrogen) atoms. The largest absolute Gasteiger partial charge is 0.337 e. The highest BCUT2D eigenvalue weighted by atomic mass is 35.5. The monoisotopic (exact) mass is 414 g/mol. The number of hydrogen-bond donors (Lipinski definition) is 3. The summed E-state index contributed by atoms with van der Waals surface area (Å²) in [5, 5.41) is 4.97. The molecule has 7 nitrogen and oxygen atoms in total. The number of aromatic amines is 2. The highest BCUT2D eigenvalue weighted by molar-refractivity contribution is 6.33. The van der Waals surface area contributed by atoms with Gasteiger partial charge in [0.25, 0.3) is 5.56 Å². The molecule has 0 fully saturated rings. The molecule has 0 saturated heterocycles. The molecule has 0 bridgehead atoms. The van der Waals surface area contributed by atoms with Crippen LogP contribution in [-0.4, -0.2) is 25.6 Å². The first kappa shape index (κ1) is 18.1. The number of nitrogens with zero attached hydrogens (tertiary/aromatic N) is 3. The molecule has 146 valence electrons. The maximum absolute atomic E-state index is 12.8. The van der Waals surface area contributed by atoms with Crippen LogP contribution in [0.4, 0.5) is 5.69 Å². The highest BCUT2D eigenvalue weighted by Crippen LogP contribution is 2.21. The second-order valence-corrected chi connectivity index (χ2v) is 6.99. The average Bonchev–Trinajstić information content (AvgIpc) is 3.19. The number of imidazole rings is 1. The number of aromatic nitrogens is 4. The van der Waals surface area contributed by atoms with Crippen molar-refractivity contribution in [2.75, 3.05) is 5.43 Å². The summed E-state index contributed by atoms with van der Waals surface area (Å²) in [5.41, 5.74) is 6.47. The van der Waals surface area contributed by atoms with E-state index in [1.807, 2.05) is 54.6 Å². The molecule has 2 aromatic heterocycles. The summed E-state index contributed by atoms with van der Waals surface area (Å²) in [6, 6.07) is 22.1. The molecule has 3 N–H and O–H groups in total. The van der Waals surface area contributed by atoms with Gasteiger partial charge in [-0.3, -0.25) is 10.2 Å². The predicted molar refractivity (Wildman–Crippen MR) is 119 cm³/mol. The molecule has 8 heteroatoms. The molecule has 2 heterocycles. The van der Waals surface area contributed by atoms with Crippen LogP contribution in [0.25, 0.3) is 22.1 Å². The van der Waals surface area contributed by atoms with E-state index in [2.05, 4.69) is 30.5 Å². The summed E-state index contributed by atoms with van der Waals surface area (Å²) < 4.78 is 0. The van der Waals surface area contributed by atoms with Crippen molar-refractivity contribution in [3.8, 4) is 0 Å². The Labute approximate surface area is 175 Å². The third kappa shape index (κ3) is 3.31.